The van der Waals surface area contributed by atoms with E-state index in [0.29, 0.717) is 0 Å². The number of nitrogens with one attached hydrogen (secondary N) is 1. The lowest BCUT2D eigenvalue weighted by atomic mass is 9.88. The molecule has 0 saturated carbocycles. The maximum atomic E-state index is 12.7. The summed E-state index contributed by atoms with van der Waals surface area (Å²) in [6.07, 6.45) is -5.26. The van der Waals surface area contributed by atoms with Gasteiger partial charge in [0, 0.05) is 12.1 Å². The summed E-state index contributed by atoms with van der Waals surface area (Å²) < 4.78 is 38.0. The van der Waals surface area contributed by atoms with Gasteiger partial charge in [0.25, 0.3) is 0 Å². The van der Waals surface area contributed by atoms with Crippen molar-refractivity contribution in [3.05, 3.63) is 28.8 Å². The van der Waals surface area contributed by atoms with E-state index in [0.717, 1.165) is 19.9 Å². The highest BCUT2D eigenvalue weighted by atomic mass is 35.5. The number of amides is 1. The highest BCUT2D eigenvalue weighted by Gasteiger charge is 2.48. The van der Waals surface area contributed by atoms with E-state index < -0.39 is 29.9 Å². The third-order valence-corrected chi connectivity index (χ3v) is 3.17. The standard InChI is InChI=1S/C13H13ClF3NO3/c1-12(2,13(15,16)17)6-10(19)18-7-3-4-8(11(20)21)9(14)5-7/h3-5H,6H2,1-2H3,(H,18,19)(H,20,21). The van der Waals surface area contributed by atoms with Crippen LogP contribution in [0.25, 0.3) is 0 Å². The number of hydrogen-bond acceptors (Lipinski definition) is 2. The fourth-order valence-electron chi connectivity index (χ4n) is 1.47. The fraction of sp³-hybridized carbons (Fsp3) is 0.385. The van der Waals surface area contributed by atoms with Crippen LogP contribution in [0.4, 0.5) is 18.9 Å². The quantitative estimate of drug-likeness (QED) is 0.881. The van der Waals surface area contributed by atoms with E-state index in [-0.39, 0.29) is 16.3 Å². The van der Waals surface area contributed by atoms with Crippen LogP contribution in [0.1, 0.15) is 30.6 Å². The minimum atomic E-state index is -4.50. The van der Waals surface area contributed by atoms with Gasteiger partial charge in [0.05, 0.1) is 16.0 Å². The Hall–Kier alpha value is -1.76. The van der Waals surface area contributed by atoms with Crippen molar-refractivity contribution in [2.24, 2.45) is 5.41 Å². The molecule has 0 fully saturated rings. The smallest absolute Gasteiger partial charge is 0.394 e. The molecular weight excluding hydrogens is 311 g/mol. The minimum Gasteiger partial charge on any atom is -0.478 e. The van der Waals surface area contributed by atoms with Crippen LogP contribution in [0.5, 0.6) is 0 Å². The molecule has 0 unspecified atom stereocenters. The molecule has 0 aromatic heterocycles. The van der Waals surface area contributed by atoms with Crippen molar-refractivity contribution >= 4 is 29.2 Å². The molecule has 0 radical (unpaired) electrons. The first kappa shape index (κ1) is 17.3. The molecule has 0 atom stereocenters. The number of rotatable bonds is 4. The molecule has 8 heteroatoms. The van der Waals surface area contributed by atoms with Crippen molar-refractivity contribution in [2.75, 3.05) is 5.32 Å². The third kappa shape index (κ3) is 4.35. The Morgan fingerprint density at radius 3 is 2.29 bits per heavy atom. The lowest BCUT2D eigenvalue weighted by Crippen LogP contribution is -2.35. The molecule has 0 heterocycles. The van der Waals surface area contributed by atoms with Gasteiger partial charge in [-0.25, -0.2) is 4.79 Å². The topological polar surface area (TPSA) is 66.4 Å². The lowest BCUT2D eigenvalue weighted by molar-refractivity contribution is -0.213. The highest BCUT2D eigenvalue weighted by molar-refractivity contribution is 6.33. The van der Waals surface area contributed by atoms with E-state index in [1.54, 1.807) is 0 Å². The Morgan fingerprint density at radius 2 is 1.86 bits per heavy atom. The van der Waals surface area contributed by atoms with Crippen LogP contribution in [0.3, 0.4) is 0 Å². The molecule has 4 nitrogen and oxygen atoms in total. The van der Waals surface area contributed by atoms with Gasteiger partial charge in [0.2, 0.25) is 5.91 Å². The lowest BCUT2D eigenvalue weighted by Gasteiger charge is -2.26. The Labute approximate surface area is 123 Å². The van der Waals surface area contributed by atoms with Gasteiger partial charge >= 0.3 is 12.1 Å². The average molecular weight is 324 g/mol. The summed E-state index contributed by atoms with van der Waals surface area (Å²) in [6.45, 7) is 1.85. The molecular formula is C13H13ClF3NO3. The van der Waals surface area contributed by atoms with Crippen LogP contribution in [0, 0.1) is 5.41 Å². The van der Waals surface area contributed by atoms with E-state index in [1.165, 1.54) is 12.1 Å². The zero-order chi connectivity index (χ0) is 16.4. The SMILES string of the molecule is CC(C)(CC(=O)Nc1ccc(C(=O)O)c(Cl)c1)C(F)(F)F. The molecule has 1 amide bonds. The van der Waals surface area contributed by atoms with Crippen LogP contribution in [-0.2, 0) is 4.79 Å². The number of benzene rings is 1. The van der Waals surface area contributed by atoms with Crippen LogP contribution in [0.15, 0.2) is 18.2 Å². The molecule has 0 spiro atoms. The fourth-order valence-corrected chi connectivity index (χ4v) is 1.73. The first-order valence-electron chi connectivity index (χ1n) is 5.83. The minimum absolute atomic E-state index is 0.115. The molecule has 1 rings (SSSR count). The largest absolute Gasteiger partial charge is 0.478 e. The van der Waals surface area contributed by atoms with Crippen LogP contribution in [-0.4, -0.2) is 23.2 Å². The molecule has 2 N–H and O–H groups in total. The number of carboxylic acids is 1. The van der Waals surface area contributed by atoms with Crippen LogP contribution >= 0.6 is 11.6 Å². The number of carboxylic acid groups (broad SMARTS) is 1. The summed E-state index contributed by atoms with van der Waals surface area (Å²) in [5.74, 6) is -2.08. The van der Waals surface area contributed by atoms with Crippen molar-refractivity contribution in [3.63, 3.8) is 0 Å². The van der Waals surface area contributed by atoms with E-state index in [4.69, 9.17) is 16.7 Å². The summed E-state index contributed by atoms with van der Waals surface area (Å²) in [5, 5.41) is 10.9. The number of carbonyl (C=O) groups excluding carboxylic acids is 1. The van der Waals surface area contributed by atoms with E-state index >= 15 is 0 Å². The van der Waals surface area contributed by atoms with Gasteiger partial charge in [0.1, 0.15) is 0 Å². The van der Waals surface area contributed by atoms with Gasteiger partial charge in [0.15, 0.2) is 0 Å². The third-order valence-electron chi connectivity index (χ3n) is 2.85. The van der Waals surface area contributed by atoms with E-state index in [9.17, 15) is 22.8 Å². The monoisotopic (exact) mass is 323 g/mol. The normalized spacial score (nSPS) is 12.1. The maximum Gasteiger partial charge on any atom is 0.394 e. The summed E-state index contributed by atoms with van der Waals surface area (Å²) in [5.41, 5.74) is -2.19. The molecule has 1 aromatic carbocycles. The van der Waals surface area contributed by atoms with Crippen molar-refractivity contribution in [1.29, 1.82) is 0 Å². The van der Waals surface area contributed by atoms with E-state index in [1.807, 2.05) is 0 Å². The van der Waals surface area contributed by atoms with Gasteiger partial charge in [-0.3, -0.25) is 4.79 Å². The Bertz CT molecular complexity index is 570. The number of aromatic carboxylic acids is 1. The van der Waals surface area contributed by atoms with Crippen LogP contribution in [0.2, 0.25) is 5.02 Å². The van der Waals surface area contributed by atoms with Gasteiger partial charge < -0.3 is 10.4 Å². The Balaban J connectivity index is 2.81. The second-order valence-corrected chi connectivity index (χ2v) is 5.51. The molecule has 21 heavy (non-hydrogen) atoms. The summed E-state index contributed by atoms with van der Waals surface area (Å²) in [7, 11) is 0. The number of anilines is 1. The van der Waals surface area contributed by atoms with Gasteiger partial charge in [-0.05, 0) is 18.2 Å². The second-order valence-electron chi connectivity index (χ2n) is 5.11. The Morgan fingerprint density at radius 1 is 1.29 bits per heavy atom. The zero-order valence-corrected chi connectivity index (χ0v) is 12.0. The number of carbonyl (C=O) groups is 2. The molecule has 0 bridgehead atoms. The van der Waals surface area contributed by atoms with Gasteiger partial charge in [-0.15, -0.1) is 0 Å². The molecule has 116 valence electrons. The number of hydrogen-bond donors (Lipinski definition) is 2. The summed E-state index contributed by atoms with van der Waals surface area (Å²) >= 11 is 5.70. The van der Waals surface area contributed by atoms with Gasteiger partial charge in [-0.1, -0.05) is 25.4 Å². The molecule has 0 aliphatic rings. The summed E-state index contributed by atoms with van der Waals surface area (Å²) in [6, 6.07) is 3.59. The zero-order valence-electron chi connectivity index (χ0n) is 11.2. The van der Waals surface area contributed by atoms with Crippen molar-refractivity contribution in [1.82, 2.24) is 0 Å². The average Bonchev–Trinajstić information content (AvgIpc) is 2.25. The molecule has 0 saturated heterocycles. The van der Waals surface area contributed by atoms with Crippen molar-refractivity contribution in [3.8, 4) is 0 Å². The summed E-state index contributed by atoms with van der Waals surface area (Å²) in [4.78, 5) is 22.4. The maximum absolute atomic E-state index is 12.7. The highest BCUT2D eigenvalue weighted by Crippen LogP contribution is 2.40. The molecule has 1 aromatic rings. The molecule has 0 aliphatic carbocycles. The van der Waals surface area contributed by atoms with Crippen molar-refractivity contribution < 1.29 is 27.9 Å². The predicted octanol–water partition coefficient (Wildman–Crippen LogP) is 3.96. The van der Waals surface area contributed by atoms with Gasteiger partial charge in [-0.2, -0.15) is 13.2 Å². The van der Waals surface area contributed by atoms with E-state index in [2.05, 4.69) is 5.32 Å². The first-order valence-corrected chi connectivity index (χ1v) is 6.21. The molecule has 0 aliphatic heterocycles. The van der Waals surface area contributed by atoms with Crippen molar-refractivity contribution in [2.45, 2.75) is 26.4 Å². The first-order chi connectivity index (χ1) is 9.44. The second kappa shape index (κ2) is 5.93. The van der Waals surface area contributed by atoms with Crippen LogP contribution < -0.4 is 5.32 Å². The predicted molar refractivity (Wildman–Crippen MR) is 71.5 cm³/mol. The number of halogens is 4. The Kier molecular flexibility index (Phi) is 4.88. The number of alkyl halides is 3.